The highest BCUT2D eigenvalue weighted by molar-refractivity contribution is 5.93. The molecule has 0 spiro atoms. The van der Waals surface area contributed by atoms with Crippen LogP contribution in [0.15, 0.2) is 36.8 Å². The van der Waals surface area contributed by atoms with E-state index in [-0.39, 0.29) is 12.0 Å². The van der Waals surface area contributed by atoms with E-state index in [1.54, 1.807) is 0 Å². The molecule has 0 N–H and O–H groups in total. The number of hydrogen-bond donors (Lipinski definition) is 0. The summed E-state index contributed by atoms with van der Waals surface area (Å²) in [5, 5.41) is 0. The van der Waals surface area contributed by atoms with Gasteiger partial charge in [0.2, 0.25) is 0 Å². The Morgan fingerprint density at radius 1 is 1.23 bits per heavy atom. The van der Waals surface area contributed by atoms with Gasteiger partial charge >= 0.3 is 5.97 Å². The van der Waals surface area contributed by atoms with Crippen molar-refractivity contribution in [2.24, 2.45) is 0 Å². The molecule has 0 amide bonds. The van der Waals surface area contributed by atoms with Crippen molar-refractivity contribution < 1.29 is 9.53 Å². The number of carbonyl (C=O) groups excluding carboxylic acids is 1. The van der Waals surface area contributed by atoms with Crippen molar-refractivity contribution in [2.75, 3.05) is 0 Å². The summed E-state index contributed by atoms with van der Waals surface area (Å²) >= 11 is 0. The molecule has 3 rings (SSSR count). The Labute approximate surface area is 131 Å². The normalized spacial score (nSPS) is 19.6. The number of esters is 1. The predicted molar refractivity (Wildman–Crippen MR) is 84.9 cm³/mol. The zero-order valence-electron chi connectivity index (χ0n) is 13.4. The molecule has 2 aromatic rings. The third kappa shape index (κ3) is 2.05. The number of hydrogen-bond acceptors (Lipinski definition) is 3. The van der Waals surface area contributed by atoms with Crippen LogP contribution >= 0.6 is 0 Å². The minimum absolute atomic E-state index is 0.0196. The molecule has 1 aliphatic rings. The average molecular weight is 298 g/mol. The maximum absolute atomic E-state index is 12.4. The van der Waals surface area contributed by atoms with Gasteiger partial charge in [0.25, 0.3) is 0 Å². The van der Waals surface area contributed by atoms with Crippen LogP contribution in [0.5, 0.6) is 0 Å². The second-order valence-corrected chi connectivity index (χ2v) is 5.80. The van der Waals surface area contributed by atoms with Gasteiger partial charge in [0.15, 0.2) is 0 Å². The van der Waals surface area contributed by atoms with E-state index in [2.05, 4.69) is 30.3 Å². The zero-order chi connectivity index (χ0) is 15.7. The molecule has 4 heteroatoms. The topological polar surface area (TPSA) is 44.1 Å². The van der Waals surface area contributed by atoms with E-state index in [1.165, 1.54) is 0 Å². The van der Waals surface area contributed by atoms with Gasteiger partial charge in [-0.2, -0.15) is 0 Å². The number of imidazole rings is 1. The largest absolute Gasteiger partial charge is 0.453 e. The first kappa shape index (κ1) is 14.8. The van der Waals surface area contributed by atoms with Crippen LogP contribution in [0.3, 0.4) is 0 Å². The van der Waals surface area contributed by atoms with Gasteiger partial charge in [0, 0.05) is 11.9 Å². The minimum Gasteiger partial charge on any atom is -0.453 e. The standard InChI is InChI=1S/C18H22N2O2/c1-4-13-11-19-12-20(13)16-14-9-7-8-10-15(14)17(21)22-18(16,5-2)6-3/h7-12,16H,4-6H2,1-3H3/t16-/m0/s1. The number of fused-ring (bicyclic) bond motifs is 1. The molecule has 0 radical (unpaired) electrons. The first-order valence-electron chi connectivity index (χ1n) is 7.99. The van der Waals surface area contributed by atoms with Gasteiger partial charge in [0.05, 0.1) is 11.9 Å². The van der Waals surface area contributed by atoms with Gasteiger partial charge in [-0.1, -0.05) is 39.0 Å². The van der Waals surface area contributed by atoms with E-state index in [0.29, 0.717) is 5.56 Å². The smallest absolute Gasteiger partial charge is 0.339 e. The molecule has 0 fully saturated rings. The summed E-state index contributed by atoms with van der Waals surface area (Å²) in [6.45, 7) is 6.29. The van der Waals surface area contributed by atoms with Crippen molar-refractivity contribution in [2.45, 2.75) is 51.7 Å². The molecule has 1 atom stereocenters. The Balaban J connectivity index is 2.25. The van der Waals surface area contributed by atoms with Gasteiger partial charge in [-0.25, -0.2) is 9.78 Å². The first-order chi connectivity index (χ1) is 10.7. The molecular weight excluding hydrogens is 276 g/mol. The first-order valence-corrected chi connectivity index (χ1v) is 7.99. The quantitative estimate of drug-likeness (QED) is 0.807. The van der Waals surface area contributed by atoms with Crippen LogP contribution < -0.4 is 0 Å². The van der Waals surface area contributed by atoms with Crippen molar-refractivity contribution in [1.29, 1.82) is 0 Å². The number of rotatable bonds is 4. The summed E-state index contributed by atoms with van der Waals surface area (Å²) in [5.74, 6) is -0.214. The van der Waals surface area contributed by atoms with Crippen molar-refractivity contribution >= 4 is 5.97 Å². The zero-order valence-corrected chi connectivity index (χ0v) is 13.4. The second-order valence-electron chi connectivity index (χ2n) is 5.80. The predicted octanol–water partition coefficient (Wildman–Crippen LogP) is 3.76. The highest BCUT2D eigenvalue weighted by Crippen LogP contribution is 2.44. The number of aryl methyl sites for hydroxylation is 1. The minimum atomic E-state index is -0.518. The van der Waals surface area contributed by atoms with E-state index >= 15 is 0 Å². The number of ether oxygens (including phenoxy) is 1. The number of cyclic esters (lactones) is 1. The van der Waals surface area contributed by atoms with Gasteiger partial charge in [-0.15, -0.1) is 0 Å². The number of carbonyl (C=O) groups is 1. The summed E-state index contributed by atoms with van der Waals surface area (Å²) in [5.41, 5.74) is 2.34. The van der Waals surface area contributed by atoms with Gasteiger partial charge in [-0.05, 0) is 30.9 Å². The fourth-order valence-electron chi connectivity index (χ4n) is 3.52. The van der Waals surface area contributed by atoms with E-state index in [4.69, 9.17) is 4.74 Å². The van der Waals surface area contributed by atoms with Crippen LogP contribution in [0.25, 0.3) is 0 Å². The third-order valence-corrected chi connectivity index (χ3v) is 4.85. The molecule has 116 valence electrons. The second kappa shape index (κ2) is 5.59. The van der Waals surface area contributed by atoms with Crippen LogP contribution in [0.1, 0.15) is 61.3 Å². The summed E-state index contributed by atoms with van der Waals surface area (Å²) in [6.07, 6.45) is 6.20. The lowest BCUT2D eigenvalue weighted by Gasteiger charge is -2.44. The maximum atomic E-state index is 12.4. The molecule has 0 aliphatic carbocycles. The number of aromatic nitrogens is 2. The Morgan fingerprint density at radius 2 is 1.95 bits per heavy atom. The van der Waals surface area contributed by atoms with Gasteiger partial charge < -0.3 is 9.30 Å². The van der Waals surface area contributed by atoms with Gasteiger partial charge in [0.1, 0.15) is 11.6 Å². The molecule has 22 heavy (non-hydrogen) atoms. The Morgan fingerprint density at radius 3 is 2.64 bits per heavy atom. The molecular formula is C18H22N2O2. The Kier molecular flexibility index (Phi) is 3.77. The van der Waals surface area contributed by atoms with Crippen molar-refractivity contribution in [3.8, 4) is 0 Å². The third-order valence-electron chi connectivity index (χ3n) is 4.85. The maximum Gasteiger partial charge on any atom is 0.339 e. The van der Waals surface area contributed by atoms with Crippen molar-refractivity contribution in [3.05, 3.63) is 53.6 Å². The van der Waals surface area contributed by atoms with Crippen molar-refractivity contribution in [1.82, 2.24) is 9.55 Å². The molecule has 1 aromatic carbocycles. The lowest BCUT2D eigenvalue weighted by Crippen LogP contribution is -2.47. The molecule has 2 heterocycles. The van der Waals surface area contributed by atoms with Crippen LogP contribution in [-0.4, -0.2) is 21.1 Å². The molecule has 1 aliphatic heterocycles. The summed E-state index contributed by atoms with van der Waals surface area (Å²) < 4.78 is 8.13. The number of nitrogens with zero attached hydrogens (tertiary/aromatic N) is 2. The Bertz CT molecular complexity index is 686. The highest BCUT2D eigenvalue weighted by Gasteiger charge is 2.47. The van der Waals surface area contributed by atoms with E-state index in [1.807, 2.05) is 36.8 Å². The highest BCUT2D eigenvalue weighted by atomic mass is 16.6. The van der Waals surface area contributed by atoms with Crippen LogP contribution in [0, 0.1) is 0 Å². The van der Waals surface area contributed by atoms with Crippen molar-refractivity contribution in [3.63, 3.8) is 0 Å². The SMILES string of the molecule is CCc1cncn1[C@H]1c2ccccc2C(=O)OC1(CC)CC. The summed E-state index contributed by atoms with van der Waals surface area (Å²) in [7, 11) is 0. The monoisotopic (exact) mass is 298 g/mol. The molecule has 0 saturated carbocycles. The Hall–Kier alpha value is -2.10. The lowest BCUT2D eigenvalue weighted by atomic mass is 9.79. The summed E-state index contributed by atoms with van der Waals surface area (Å²) in [4.78, 5) is 16.8. The van der Waals surface area contributed by atoms with Crippen LogP contribution in [0.4, 0.5) is 0 Å². The number of benzene rings is 1. The van der Waals surface area contributed by atoms with Crippen LogP contribution in [-0.2, 0) is 11.2 Å². The molecule has 0 bridgehead atoms. The fraction of sp³-hybridized carbons (Fsp3) is 0.444. The van der Waals surface area contributed by atoms with E-state index in [9.17, 15) is 4.79 Å². The molecule has 4 nitrogen and oxygen atoms in total. The van der Waals surface area contributed by atoms with E-state index in [0.717, 1.165) is 30.5 Å². The lowest BCUT2D eigenvalue weighted by molar-refractivity contribution is -0.0519. The fourth-order valence-corrected chi connectivity index (χ4v) is 3.52. The molecule has 0 unspecified atom stereocenters. The van der Waals surface area contributed by atoms with E-state index < -0.39 is 5.60 Å². The molecule has 1 aromatic heterocycles. The summed E-state index contributed by atoms with van der Waals surface area (Å²) in [6, 6.07) is 7.75. The molecule has 0 saturated heterocycles. The van der Waals surface area contributed by atoms with Gasteiger partial charge in [-0.3, -0.25) is 0 Å². The van der Waals surface area contributed by atoms with Crippen LogP contribution in [0.2, 0.25) is 0 Å². The average Bonchev–Trinajstić information content (AvgIpc) is 3.02.